The fraction of sp³-hybridized carbons (Fsp3) is 0.435. The number of amides is 1. The molecule has 0 saturated carbocycles. The van der Waals surface area contributed by atoms with E-state index in [0.29, 0.717) is 0 Å². The first-order valence-corrected chi connectivity index (χ1v) is 10.2. The maximum absolute atomic E-state index is 12.6. The first kappa shape index (κ1) is 20.4. The van der Waals surface area contributed by atoms with E-state index in [9.17, 15) is 4.79 Å². The van der Waals surface area contributed by atoms with Crippen LogP contribution in [-0.4, -0.2) is 62.1 Å². The molecule has 1 amide bonds. The van der Waals surface area contributed by atoms with Crippen molar-refractivity contribution in [2.24, 2.45) is 0 Å². The predicted molar refractivity (Wildman–Crippen MR) is 113 cm³/mol. The molecule has 1 atom stereocenters. The van der Waals surface area contributed by atoms with Crippen LogP contribution in [0.1, 0.15) is 41.4 Å². The third kappa shape index (κ3) is 4.54. The molecule has 1 fully saturated rings. The summed E-state index contributed by atoms with van der Waals surface area (Å²) in [5, 5.41) is 3.43. The van der Waals surface area contributed by atoms with Crippen LogP contribution in [-0.2, 0) is 0 Å². The van der Waals surface area contributed by atoms with Gasteiger partial charge in [0.2, 0.25) is 0 Å². The Balaban J connectivity index is 1.92. The zero-order chi connectivity index (χ0) is 19.9. The van der Waals surface area contributed by atoms with Crippen molar-refractivity contribution in [2.75, 3.05) is 46.4 Å². The van der Waals surface area contributed by atoms with E-state index in [-0.39, 0.29) is 11.9 Å². The van der Waals surface area contributed by atoms with Gasteiger partial charge in [0.05, 0.1) is 13.2 Å². The van der Waals surface area contributed by atoms with E-state index >= 15 is 0 Å². The van der Waals surface area contributed by atoms with Crippen molar-refractivity contribution in [1.29, 1.82) is 0 Å². The summed E-state index contributed by atoms with van der Waals surface area (Å²) in [6, 6.07) is 16.6. The lowest BCUT2D eigenvalue weighted by Gasteiger charge is -2.35. The van der Waals surface area contributed by atoms with Gasteiger partial charge in [0.25, 0.3) is 5.91 Å². The number of piperazine rings is 1. The molecule has 1 saturated heterocycles. The number of carbonyl (C=O) groups is 1. The van der Waals surface area contributed by atoms with Crippen molar-refractivity contribution in [3.8, 4) is 5.75 Å². The van der Waals surface area contributed by atoms with E-state index < -0.39 is 0 Å². The van der Waals surface area contributed by atoms with Crippen molar-refractivity contribution in [3.63, 3.8) is 0 Å². The molecule has 5 nitrogen and oxygen atoms in total. The Morgan fingerprint density at radius 2 is 1.75 bits per heavy atom. The Kier molecular flexibility index (Phi) is 7.06. The van der Waals surface area contributed by atoms with Crippen molar-refractivity contribution in [2.45, 2.75) is 19.9 Å². The van der Waals surface area contributed by atoms with Gasteiger partial charge in [-0.1, -0.05) is 24.3 Å². The number of ether oxygens (including phenoxy) is 1. The van der Waals surface area contributed by atoms with Gasteiger partial charge >= 0.3 is 0 Å². The largest absolute Gasteiger partial charge is 0.497 e. The highest BCUT2D eigenvalue weighted by atomic mass is 16.5. The summed E-state index contributed by atoms with van der Waals surface area (Å²) in [6.45, 7) is 9.43. The van der Waals surface area contributed by atoms with Crippen LogP contribution in [0.4, 0.5) is 0 Å². The molecule has 0 spiro atoms. The van der Waals surface area contributed by atoms with E-state index in [1.807, 2.05) is 43.0 Å². The van der Waals surface area contributed by atoms with Gasteiger partial charge in [0, 0.05) is 44.8 Å². The molecule has 1 heterocycles. The number of rotatable bonds is 7. The van der Waals surface area contributed by atoms with Gasteiger partial charge in [-0.2, -0.15) is 0 Å². The fourth-order valence-corrected chi connectivity index (χ4v) is 3.87. The molecule has 1 aliphatic rings. The third-order valence-electron chi connectivity index (χ3n) is 5.45. The molecule has 1 aliphatic heterocycles. The molecular weight excluding hydrogens is 350 g/mol. The van der Waals surface area contributed by atoms with Crippen LogP contribution >= 0.6 is 0 Å². The molecule has 1 N–H and O–H groups in total. The molecule has 3 rings (SSSR count). The summed E-state index contributed by atoms with van der Waals surface area (Å²) in [6.07, 6.45) is 0. The van der Waals surface area contributed by atoms with E-state index in [1.165, 1.54) is 11.1 Å². The van der Waals surface area contributed by atoms with Crippen LogP contribution in [0.15, 0.2) is 48.5 Å². The molecule has 0 aromatic heterocycles. The number of hydrogen-bond donors (Lipinski definition) is 1. The van der Waals surface area contributed by atoms with E-state index in [2.05, 4.69) is 34.5 Å². The summed E-state index contributed by atoms with van der Waals surface area (Å²) >= 11 is 0. The van der Waals surface area contributed by atoms with Gasteiger partial charge in [-0.25, -0.2) is 0 Å². The van der Waals surface area contributed by atoms with E-state index in [1.54, 1.807) is 7.11 Å². The lowest BCUT2D eigenvalue weighted by atomic mass is 9.95. The van der Waals surface area contributed by atoms with Gasteiger partial charge in [-0.05, 0) is 49.2 Å². The molecule has 0 radical (unpaired) electrons. The SMILES string of the molecule is CCN(CC)C(=O)c1ccc(C(c2cccc(OC)c2)N2CCNCC2)cc1. The number of nitrogens with one attached hydrogen (secondary N) is 1. The topological polar surface area (TPSA) is 44.8 Å². The molecule has 150 valence electrons. The summed E-state index contributed by atoms with van der Waals surface area (Å²) in [7, 11) is 1.70. The van der Waals surface area contributed by atoms with Crippen LogP contribution in [0.2, 0.25) is 0 Å². The summed E-state index contributed by atoms with van der Waals surface area (Å²) in [5.41, 5.74) is 3.16. The molecular formula is C23H31N3O2. The number of nitrogens with zero attached hydrogens (tertiary/aromatic N) is 2. The Morgan fingerprint density at radius 3 is 2.36 bits per heavy atom. The predicted octanol–water partition coefficient (Wildman–Crippen LogP) is 3.17. The number of methoxy groups -OCH3 is 1. The molecule has 5 heteroatoms. The first-order valence-electron chi connectivity index (χ1n) is 10.2. The van der Waals surface area contributed by atoms with Crippen molar-refractivity contribution in [1.82, 2.24) is 15.1 Å². The second-order valence-electron chi connectivity index (χ2n) is 7.06. The Hall–Kier alpha value is -2.37. The molecule has 0 bridgehead atoms. The minimum absolute atomic E-state index is 0.0941. The standard InChI is InChI=1S/C23H31N3O2/c1-4-25(5-2)23(27)19-11-9-18(10-12-19)22(26-15-13-24-14-16-26)20-7-6-8-21(17-20)28-3/h6-12,17,22,24H,4-5,13-16H2,1-3H3. The van der Waals surface area contributed by atoms with Crippen LogP contribution in [0, 0.1) is 0 Å². The average molecular weight is 382 g/mol. The van der Waals surface area contributed by atoms with Crippen molar-refractivity contribution < 1.29 is 9.53 Å². The smallest absolute Gasteiger partial charge is 0.253 e. The van der Waals surface area contributed by atoms with Gasteiger partial charge < -0.3 is 15.0 Å². The second kappa shape index (κ2) is 9.71. The van der Waals surface area contributed by atoms with Crippen molar-refractivity contribution in [3.05, 3.63) is 65.2 Å². The number of carbonyl (C=O) groups excluding carboxylic acids is 1. The molecule has 0 aliphatic carbocycles. The van der Waals surface area contributed by atoms with Crippen LogP contribution in [0.3, 0.4) is 0 Å². The molecule has 1 unspecified atom stereocenters. The monoisotopic (exact) mass is 381 g/mol. The highest BCUT2D eigenvalue weighted by molar-refractivity contribution is 5.94. The zero-order valence-corrected chi connectivity index (χ0v) is 17.1. The van der Waals surface area contributed by atoms with E-state index in [4.69, 9.17) is 4.74 Å². The minimum Gasteiger partial charge on any atom is -0.497 e. The quantitative estimate of drug-likeness (QED) is 0.800. The summed E-state index contributed by atoms with van der Waals surface area (Å²) in [5.74, 6) is 0.961. The second-order valence-corrected chi connectivity index (χ2v) is 7.06. The lowest BCUT2D eigenvalue weighted by molar-refractivity contribution is 0.0773. The van der Waals surface area contributed by atoms with Crippen LogP contribution in [0.25, 0.3) is 0 Å². The molecule has 2 aromatic rings. The number of benzene rings is 2. The highest BCUT2D eigenvalue weighted by Crippen LogP contribution is 2.31. The molecule has 28 heavy (non-hydrogen) atoms. The maximum atomic E-state index is 12.6. The summed E-state index contributed by atoms with van der Waals surface area (Å²) < 4.78 is 5.45. The zero-order valence-electron chi connectivity index (χ0n) is 17.1. The number of hydrogen-bond acceptors (Lipinski definition) is 4. The third-order valence-corrected chi connectivity index (χ3v) is 5.45. The Labute approximate surface area is 168 Å². The van der Waals surface area contributed by atoms with Gasteiger partial charge in [0.1, 0.15) is 5.75 Å². The van der Waals surface area contributed by atoms with E-state index in [0.717, 1.165) is 50.6 Å². The van der Waals surface area contributed by atoms with Crippen molar-refractivity contribution >= 4 is 5.91 Å². The Bertz CT molecular complexity index is 766. The van der Waals surface area contributed by atoms with Gasteiger partial charge in [0.15, 0.2) is 0 Å². The van der Waals surface area contributed by atoms with Crippen LogP contribution in [0.5, 0.6) is 5.75 Å². The lowest BCUT2D eigenvalue weighted by Crippen LogP contribution is -2.45. The van der Waals surface area contributed by atoms with Gasteiger partial charge in [-0.3, -0.25) is 9.69 Å². The average Bonchev–Trinajstić information content (AvgIpc) is 2.76. The molecule has 2 aromatic carbocycles. The minimum atomic E-state index is 0.0941. The first-order chi connectivity index (χ1) is 13.7. The summed E-state index contributed by atoms with van der Waals surface area (Å²) in [4.78, 5) is 17.0. The fourth-order valence-electron chi connectivity index (χ4n) is 3.87. The highest BCUT2D eigenvalue weighted by Gasteiger charge is 2.24. The Morgan fingerprint density at radius 1 is 1.07 bits per heavy atom. The maximum Gasteiger partial charge on any atom is 0.253 e. The normalized spacial score (nSPS) is 15.8. The van der Waals surface area contributed by atoms with Gasteiger partial charge in [-0.15, -0.1) is 0 Å². The van der Waals surface area contributed by atoms with Crippen LogP contribution < -0.4 is 10.1 Å².